The van der Waals surface area contributed by atoms with Crippen LogP contribution >= 0.6 is 0 Å². The monoisotopic (exact) mass is 815 g/mol. The molecule has 1 aliphatic heterocycles. The third-order valence-corrected chi connectivity index (χ3v) is 23.2. The summed E-state index contributed by atoms with van der Waals surface area (Å²) in [6, 6.07) is 73.9. The fourth-order valence-corrected chi connectivity index (χ4v) is 21.5. The molecule has 4 heteroatoms. The van der Waals surface area contributed by atoms with E-state index in [4.69, 9.17) is 9.97 Å². The maximum atomic E-state index is 5.59. The molecule has 0 fully saturated rings. The molecular weight excluding hydrogens is 775 g/mol. The van der Waals surface area contributed by atoms with Crippen LogP contribution in [0.5, 0.6) is 0 Å². The van der Waals surface area contributed by atoms with Gasteiger partial charge in [0, 0.05) is 0 Å². The minimum atomic E-state index is -3.90. The molecule has 0 spiro atoms. The van der Waals surface area contributed by atoms with Gasteiger partial charge >= 0.3 is 348 Å². The molecule has 0 atom stereocenters. The van der Waals surface area contributed by atoms with Crippen molar-refractivity contribution in [1.82, 2.24) is 14.5 Å². The molecule has 278 valence electrons. The molecule has 8 aromatic carbocycles. The SMILES string of the molecule is CC1(C)c2ccccc2-c2cc3c4ccccc4n(-c4ccc5[c](c4)[Ge]([c]4ccccc4)([c]4ccccc4)[c]4c(-c6ccccc6)nc(-c6ccccc6)nc4-5)c3cc21. The second kappa shape index (κ2) is 12.8. The van der Waals surface area contributed by atoms with Crippen LogP contribution in [-0.2, 0) is 5.41 Å². The molecule has 10 aromatic rings. The summed E-state index contributed by atoms with van der Waals surface area (Å²) in [5.74, 6) is 0.748. The first kappa shape index (κ1) is 34.2. The van der Waals surface area contributed by atoms with E-state index in [1.807, 2.05) is 0 Å². The van der Waals surface area contributed by atoms with Crippen molar-refractivity contribution in [1.29, 1.82) is 0 Å². The maximum absolute atomic E-state index is 5.59. The molecule has 0 saturated carbocycles. The van der Waals surface area contributed by atoms with Crippen molar-refractivity contribution >= 4 is 52.7 Å². The molecule has 0 radical (unpaired) electrons. The van der Waals surface area contributed by atoms with Gasteiger partial charge in [0.05, 0.1) is 0 Å². The molecule has 0 bridgehead atoms. The average Bonchev–Trinajstić information content (AvgIpc) is 3.87. The first-order valence-electron chi connectivity index (χ1n) is 20.5. The Bertz CT molecular complexity index is 3240. The van der Waals surface area contributed by atoms with Crippen LogP contribution in [0.1, 0.15) is 25.0 Å². The van der Waals surface area contributed by atoms with Gasteiger partial charge in [-0.15, -0.1) is 0 Å². The second-order valence-corrected chi connectivity index (χ2v) is 24.3. The summed E-state index contributed by atoms with van der Waals surface area (Å²) in [7, 11) is 0. The summed E-state index contributed by atoms with van der Waals surface area (Å²) in [5, 5.41) is 2.54. The third-order valence-electron chi connectivity index (χ3n) is 13.1. The van der Waals surface area contributed by atoms with Gasteiger partial charge in [0.25, 0.3) is 0 Å². The minimum absolute atomic E-state index is 0.116. The van der Waals surface area contributed by atoms with E-state index in [2.05, 4.69) is 219 Å². The molecule has 2 aliphatic rings. The molecule has 1 aliphatic carbocycles. The summed E-state index contributed by atoms with van der Waals surface area (Å²) in [6.45, 7) is 4.75. The van der Waals surface area contributed by atoms with Crippen LogP contribution in [0, 0.1) is 0 Å². The number of para-hydroxylation sites is 1. The van der Waals surface area contributed by atoms with Gasteiger partial charge in [-0.2, -0.15) is 0 Å². The van der Waals surface area contributed by atoms with E-state index in [-0.39, 0.29) is 5.41 Å². The van der Waals surface area contributed by atoms with Crippen LogP contribution < -0.4 is 17.6 Å². The Morgan fingerprint density at radius 2 is 1.03 bits per heavy atom. The molecule has 2 aromatic heterocycles. The molecule has 0 unspecified atom stereocenters. The Balaban J connectivity index is 1.20. The van der Waals surface area contributed by atoms with Crippen LogP contribution in [0.25, 0.3) is 72.5 Å². The molecule has 0 N–H and O–H groups in total. The zero-order chi connectivity index (χ0) is 39.3. The zero-order valence-electron chi connectivity index (χ0n) is 32.9. The Labute approximate surface area is 346 Å². The number of aromatic nitrogens is 3. The summed E-state index contributed by atoms with van der Waals surface area (Å²) in [4.78, 5) is 11.2. The summed E-state index contributed by atoms with van der Waals surface area (Å²) < 4.78 is 7.92. The van der Waals surface area contributed by atoms with Gasteiger partial charge in [-0.3, -0.25) is 0 Å². The van der Waals surface area contributed by atoms with Crippen molar-refractivity contribution in [3.63, 3.8) is 0 Å². The van der Waals surface area contributed by atoms with Gasteiger partial charge in [0.2, 0.25) is 0 Å². The summed E-state index contributed by atoms with van der Waals surface area (Å²) in [5.41, 5.74) is 14.3. The van der Waals surface area contributed by atoms with Gasteiger partial charge in [0.15, 0.2) is 0 Å². The number of hydrogen-bond donors (Lipinski definition) is 0. The van der Waals surface area contributed by atoms with Gasteiger partial charge in [-0.25, -0.2) is 0 Å². The van der Waals surface area contributed by atoms with Gasteiger partial charge in [-0.05, 0) is 0 Å². The quantitative estimate of drug-likeness (QED) is 0.162. The van der Waals surface area contributed by atoms with Crippen molar-refractivity contribution in [2.45, 2.75) is 19.3 Å². The van der Waals surface area contributed by atoms with Crippen LogP contribution in [0.2, 0.25) is 0 Å². The van der Waals surface area contributed by atoms with Crippen molar-refractivity contribution in [3.05, 3.63) is 211 Å². The van der Waals surface area contributed by atoms with Gasteiger partial charge in [-0.1, -0.05) is 0 Å². The first-order chi connectivity index (χ1) is 29.0. The van der Waals surface area contributed by atoms with E-state index >= 15 is 0 Å². The van der Waals surface area contributed by atoms with Crippen LogP contribution in [0.15, 0.2) is 200 Å². The molecule has 59 heavy (non-hydrogen) atoms. The standard InChI is InChI=1S/C55H39GeN3/c1-55(2)46-29-17-15-27-41(46)44-34-45-42-28-16-18-30-49(42)59(50(45)35-47(44)55)40-31-32-43-48(33-40)56(38-23-11-5-12-24-38,39-25-13-6-14-26-39)51-52(36-19-7-3-8-20-36)57-54(58-53(43)51)37-21-9-4-10-22-37/h3-35H,1-2H3. The topological polar surface area (TPSA) is 30.7 Å². The van der Waals surface area contributed by atoms with Gasteiger partial charge in [0.1, 0.15) is 0 Å². The van der Waals surface area contributed by atoms with E-state index in [0.29, 0.717) is 0 Å². The van der Waals surface area contributed by atoms with E-state index in [9.17, 15) is 0 Å². The van der Waals surface area contributed by atoms with Crippen molar-refractivity contribution in [3.8, 4) is 50.7 Å². The number of benzene rings is 8. The molecular formula is C55H39GeN3. The van der Waals surface area contributed by atoms with E-state index < -0.39 is 13.3 Å². The fraction of sp³-hybridized carbons (Fsp3) is 0.0545. The predicted octanol–water partition coefficient (Wildman–Crippen LogP) is 10.6. The van der Waals surface area contributed by atoms with Crippen LogP contribution in [0.4, 0.5) is 0 Å². The Hall–Kier alpha value is -6.82. The molecule has 0 amide bonds. The second-order valence-electron chi connectivity index (χ2n) is 16.5. The average molecular weight is 815 g/mol. The zero-order valence-corrected chi connectivity index (χ0v) is 35.0. The fourth-order valence-electron chi connectivity index (χ4n) is 10.4. The Morgan fingerprint density at radius 1 is 0.441 bits per heavy atom. The van der Waals surface area contributed by atoms with Crippen LogP contribution in [0.3, 0.4) is 0 Å². The van der Waals surface area contributed by atoms with E-state index in [1.54, 1.807) is 0 Å². The van der Waals surface area contributed by atoms with Crippen LogP contribution in [-0.4, -0.2) is 27.8 Å². The Morgan fingerprint density at radius 3 is 1.75 bits per heavy atom. The first-order valence-corrected chi connectivity index (χ1v) is 24.7. The molecule has 0 saturated heterocycles. The summed E-state index contributed by atoms with van der Waals surface area (Å²) in [6.07, 6.45) is 0. The molecule has 12 rings (SSSR count). The third kappa shape index (κ3) is 4.83. The summed E-state index contributed by atoms with van der Waals surface area (Å²) >= 11 is -3.90. The number of nitrogens with zero attached hydrogens (tertiary/aromatic N) is 3. The van der Waals surface area contributed by atoms with E-state index in [0.717, 1.165) is 34.0 Å². The predicted molar refractivity (Wildman–Crippen MR) is 247 cm³/mol. The normalized spacial score (nSPS) is 14.2. The molecule has 3 heterocycles. The van der Waals surface area contributed by atoms with Crippen molar-refractivity contribution in [2.75, 3.05) is 0 Å². The molecule has 3 nitrogen and oxygen atoms in total. The number of rotatable bonds is 5. The number of hydrogen-bond acceptors (Lipinski definition) is 2. The van der Waals surface area contributed by atoms with E-state index in [1.165, 1.54) is 67.2 Å². The number of fused-ring (bicyclic) bond motifs is 9. The van der Waals surface area contributed by atoms with Crippen molar-refractivity contribution < 1.29 is 0 Å². The van der Waals surface area contributed by atoms with Gasteiger partial charge < -0.3 is 0 Å². The Kier molecular flexibility index (Phi) is 7.45. The van der Waals surface area contributed by atoms with Crippen molar-refractivity contribution in [2.24, 2.45) is 0 Å².